The zero-order valence-corrected chi connectivity index (χ0v) is 11.4. The van der Waals surface area contributed by atoms with E-state index in [2.05, 4.69) is 20.3 Å². The second kappa shape index (κ2) is 4.22. The lowest BCUT2D eigenvalue weighted by Gasteiger charge is -2.03. The van der Waals surface area contributed by atoms with Gasteiger partial charge < -0.3 is 9.88 Å². The minimum absolute atomic E-state index is 0.238. The Hall–Kier alpha value is -1.66. The van der Waals surface area contributed by atoms with Gasteiger partial charge in [0.15, 0.2) is 5.82 Å². The molecule has 3 rings (SSSR count). The molecule has 7 heteroatoms. The first-order chi connectivity index (χ1) is 8.63. The van der Waals surface area contributed by atoms with Gasteiger partial charge in [0.25, 0.3) is 0 Å². The van der Waals surface area contributed by atoms with E-state index in [-0.39, 0.29) is 5.28 Å². The van der Waals surface area contributed by atoms with E-state index < -0.39 is 0 Å². The van der Waals surface area contributed by atoms with Crippen LogP contribution in [0.3, 0.4) is 0 Å². The molecule has 0 amide bonds. The Morgan fingerprint density at radius 1 is 1.39 bits per heavy atom. The molecule has 3 aromatic heterocycles. The minimum atomic E-state index is 0.238. The molecular formula is C11H10ClN5S. The number of nitrogens with zero attached hydrogens (tertiary/aromatic N) is 4. The van der Waals surface area contributed by atoms with Crippen molar-refractivity contribution in [3.63, 3.8) is 0 Å². The van der Waals surface area contributed by atoms with Gasteiger partial charge in [0, 0.05) is 13.2 Å². The van der Waals surface area contributed by atoms with Gasteiger partial charge in [-0.1, -0.05) is 0 Å². The molecule has 0 spiro atoms. The van der Waals surface area contributed by atoms with Crippen molar-refractivity contribution in [1.29, 1.82) is 0 Å². The van der Waals surface area contributed by atoms with E-state index in [1.165, 1.54) is 0 Å². The lowest BCUT2D eigenvalue weighted by atomic mass is 10.3. The van der Waals surface area contributed by atoms with Crippen LogP contribution in [-0.4, -0.2) is 19.5 Å². The van der Waals surface area contributed by atoms with E-state index in [1.54, 1.807) is 17.7 Å². The van der Waals surface area contributed by atoms with Crippen LogP contribution in [0.5, 0.6) is 0 Å². The van der Waals surface area contributed by atoms with Crippen LogP contribution in [0.15, 0.2) is 17.9 Å². The quantitative estimate of drug-likeness (QED) is 0.732. The molecule has 1 N–H and O–H groups in total. The first kappa shape index (κ1) is 11.4. The summed E-state index contributed by atoms with van der Waals surface area (Å²) in [4.78, 5) is 12.7. The van der Waals surface area contributed by atoms with Gasteiger partial charge >= 0.3 is 0 Å². The fourth-order valence-electron chi connectivity index (χ4n) is 1.69. The molecule has 0 aliphatic carbocycles. The molecule has 0 unspecified atom stereocenters. The highest BCUT2D eigenvalue weighted by Gasteiger charge is 2.11. The minimum Gasteiger partial charge on any atom is -0.338 e. The fourth-order valence-corrected chi connectivity index (χ4v) is 2.79. The van der Waals surface area contributed by atoms with Gasteiger partial charge in [0.2, 0.25) is 5.28 Å². The maximum atomic E-state index is 5.94. The zero-order valence-electron chi connectivity index (χ0n) is 9.81. The zero-order chi connectivity index (χ0) is 12.7. The normalized spacial score (nSPS) is 11.1. The topological polar surface area (TPSA) is 55.6 Å². The van der Waals surface area contributed by atoms with Crippen molar-refractivity contribution in [2.24, 2.45) is 7.05 Å². The second-order valence-electron chi connectivity index (χ2n) is 3.99. The number of fused-ring (bicyclic) bond motifs is 1. The second-order valence-corrected chi connectivity index (χ2v) is 5.20. The summed E-state index contributed by atoms with van der Waals surface area (Å²) in [7, 11) is 1.91. The van der Waals surface area contributed by atoms with Crippen molar-refractivity contribution in [3.05, 3.63) is 28.8 Å². The van der Waals surface area contributed by atoms with E-state index in [0.29, 0.717) is 5.82 Å². The van der Waals surface area contributed by atoms with E-state index in [4.69, 9.17) is 11.6 Å². The third-order valence-corrected chi connectivity index (χ3v) is 3.78. The number of hydrogen-bond acceptors (Lipinski definition) is 5. The van der Waals surface area contributed by atoms with Gasteiger partial charge in [-0.3, -0.25) is 0 Å². The number of nitrogens with one attached hydrogen (secondary N) is 1. The van der Waals surface area contributed by atoms with Crippen molar-refractivity contribution in [1.82, 2.24) is 19.5 Å². The lowest BCUT2D eigenvalue weighted by Crippen LogP contribution is -1.96. The molecule has 0 saturated carbocycles. The Balaban J connectivity index is 2.10. The van der Waals surface area contributed by atoms with Gasteiger partial charge in [0.05, 0.1) is 16.5 Å². The SMILES string of the molecule is Cc1csc2c(Nc3cn(C)cn3)nc(Cl)nc12. The Morgan fingerprint density at radius 2 is 2.22 bits per heavy atom. The Morgan fingerprint density at radius 3 is 2.94 bits per heavy atom. The number of anilines is 2. The van der Waals surface area contributed by atoms with Crippen molar-refractivity contribution >= 4 is 44.8 Å². The first-order valence-corrected chi connectivity index (χ1v) is 6.55. The van der Waals surface area contributed by atoms with E-state index >= 15 is 0 Å². The fraction of sp³-hybridized carbons (Fsp3) is 0.182. The van der Waals surface area contributed by atoms with Gasteiger partial charge in [-0.15, -0.1) is 11.3 Å². The molecular weight excluding hydrogens is 270 g/mol. The average Bonchev–Trinajstić information content (AvgIpc) is 2.87. The van der Waals surface area contributed by atoms with E-state index in [9.17, 15) is 0 Å². The summed E-state index contributed by atoms with van der Waals surface area (Å²) in [6, 6.07) is 0. The van der Waals surface area contributed by atoms with Crippen molar-refractivity contribution in [2.45, 2.75) is 6.92 Å². The largest absolute Gasteiger partial charge is 0.338 e. The van der Waals surface area contributed by atoms with Gasteiger partial charge in [-0.05, 0) is 29.5 Å². The highest BCUT2D eigenvalue weighted by molar-refractivity contribution is 7.18. The third-order valence-electron chi connectivity index (χ3n) is 2.52. The molecule has 0 fully saturated rings. The Labute approximate surface area is 112 Å². The predicted molar refractivity (Wildman–Crippen MR) is 73.7 cm³/mol. The highest BCUT2D eigenvalue weighted by Crippen LogP contribution is 2.31. The van der Waals surface area contributed by atoms with Crippen LogP contribution in [0, 0.1) is 6.92 Å². The van der Waals surface area contributed by atoms with Crippen LogP contribution >= 0.6 is 22.9 Å². The van der Waals surface area contributed by atoms with Crippen molar-refractivity contribution in [3.8, 4) is 0 Å². The number of aromatic nitrogens is 4. The highest BCUT2D eigenvalue weighted by atomic mass is 35.5. The van der Waals surface area contributed by atoms with Crippen LogP contribution in [0.2, 0.25) is 5.28 Å². The molecule has 0 radical (unpaired) electrons. The third kappa shape index (κ3) is 1.93. The van der Waals surface area contributed by atoms with Crippen LogP contribution in [0.1, 0.15) is 5.56 Å². The van der Waals surface area contributed by atoms with Crippen molar-refractivity contribution < 1.29 is 0 Å². The average molecular weight is 280 g/mol. The van der Waals surface area contributed by atoms with Crippen LogP contribution < -0.4 is 5.32 Å². The molecule has 18 heavy (non-hydrogen) atoms. The molecule has 0 aliphatic rings. The number of aryl methyl sites for hydroxylation is 2. The van der Waals surface area contributed by atoms with Crippen LogP contribution in [0.4, 0.5) is 11.6 Å². The predicted octanol–water partition coefficient (Wildman–Crippen LogP) is 3.13. The molecule has 0 saturated heterocycles. The summed E-state index contributed by atoms with van der Waals surface area (Å²) < 4.78 is 2.85. The Kier molecular flexibility index (Phi) is 2.68. The molecule has 5 nitrogen and oxygen atoms in total. The lowest BCUT2D eigenvalue weighted by molar-refractivity contribution is 0.913. The summed E-state index contributed by atoms with van der Waals surface area (Å²) in [5.41, 5.74) is 1.99. The number of hydrogen-bond donors (Lipinski definition) is 1. The molecule has 0 bridgehead atoms. The first-order valence-electron chi connectivity index (χ1n) is 5.30. The van der Waals surface area contributed by atoms with Gasteiger partial charge in [-0.25, -0.2) is 9.97 Å². The number of thiophene rings is 1. The summed E-state index contributed by atoms with van der Waals surface area (Å²) in [6.45, 7) is 2.01. The smallest absolute Gasteiger partial charge is 0.224 e. The summed E-state index contributed by atoms with van der Waals surface area (Å²) in [5, 5.41) is 5.44. The Bertz CT molecular complexity index is 717. The van der Waals surface area contributed by atoms with Gasteiger partial charge in [0.1, 0.15) is 5.82 Å². The number of halogens is 1. The van der Waals surface area contributed by atoms with E-state index in [1.807, 2.05) is 30.1 Å². The molecule has 0 aromatic carbocycles. The van der Waals surface area contributed by atoms with E-state index in [0.717, 1.165) is 21.6 Å². The summed E-state index contributed by atoms with van der Waals surface area (Å²) in [5.74, 6) is 1.43. The molecule has 0 atom stereocenters. The van der Waals surface area contributed by atoms with Gasteiger partial charge in [-0.2, -0.15) is 4.98 Å². The molecule has 3 aromatic rings. The number of rotatable bonds is 2. The summed E-state index contributed by atoms with van der Waals surface area (Å²) >= 11 is 7.54. The standard InChI is InChI=1S/C11H10ClN5S/c1-6-4-18-9-8(6)15-11(12)16-10(9)14-7-3-17(2)5-13-7/h3-5H,1-2H3,(H,14,15,16). The molecule has 92 valence electrons. The number of imidazole rings is 1. The molecule has 3 heterocycles. The van der Waals surface area contributed by atoms with Crippen LogP contribution in [0.25, 0.3) is 10.2 Å². The summed E-state index contributed by atoms with van der Waals surface area (Å²) in [6.07, 6.45) is 3.60. The maximum Gasteiger partial charge on any atom is 0.224 e. The monoisotopic (exact) mass is 279 g/mol. The molecule has 0 aliphatic heterocycles. The maximum absolute atomic E-state index is 5.94. The van der Waals surface area contributed by atoms with Crippen LogP contribution in [-0.2, 0) is 7.05 Å². The van der Waals surface area contributed by atoms with Crippen molar-refractivity contribution in [2.75, 3.05) is 5.32 Å².